The van der Waals surface area contributed by atoms with Crippen LogP contribution in [-0.4, -0.2) is 5.54 Å². The smallest absolute Gasteiger partial charge is 0.127 e. The maximum atomic E-state index is 6.30. The molecule has 0 bridgehead atoms. The fourth-order valence-electron chi connectivity index (χ4n) is 5.81. The first-order valence-electron chi connectivity index (χ1n) is 14.8. The quantitative estimate of drug-likeness (QED) is 0.200. The van der Waals surface area contributed by atoms with Crippen molar-refractivity contribution < 1.29 is 4.74 Å². The Morgan fingerprint density at radius 1 is 0.500 bits per heavy atom. The number of nitrogens with zero attached hydrogens (tertiary/aromatic N) is 2. The molecule has 0 spiro atoms. The third-order valence-corrected chi connectivity index (χ3v) is 8.23. The minimum absolute atomic E-state index is 0.0763. The van der Waals surface area contributed by atoms with Crippen LogP contribution < -0.4 is 14.5 Å². The Labute approximate surface area is 251 Å². The largest absolute Gasteiger partial charge is 0.457 e. The molecule has 212 valence electrons. The van der Waals surface area contributed by atoms with Gasteiger partial charge in [-0.1, -0.05) is 55.3 Å². The van der Waals surface area contributed by atoms with E-state index in [1.807, 2.05) is 0 Å². The van der Waals surface area contributed by atoms with Gasteiger partial charge in [0.25, 0.3) is 0 Å². The molecular weight excluding hydrogens is 512 g/mol. The zero-order chi connectivity index (χ0) is 29.6. The van der Waals surface area contributed by atoms with Crippen molar-refractivity contribution in [2.24, 2.45) is 0 Å². The first-order valence-corrected chi connectivity index (χ1v) is 14.8. The normalized spacial score (nSPS) is 13.3. The molecule has 0 saturated heterocycles. The summed E-state index contributed by atoms with van der Waals surface area (Å²) >= 11 is 0. The van der Waals surface area contributed by atoms with Crippen molar-refractivity contribution in [2.45, 2.75) is 59.4 Å². The first-order chi connectivity index (χ1) is 20.0. The zero-order valence-corrected chi connectivity index (χ0v) is 25.8. The van der Waals surface area contributed by atoms with Gasteiger partial charge in [0.05, 0.1) is 0 Å². The van der Waals surface area contributed by atoms with E-state index in [9.17, 15) is 0 Å². The van der Waals surface area contributed by atoms with Crippen LogP contribution in [0.2, 0.25) is 0 Å². The second-order valence-electron chi connectivity index (χ2n) is 13.0. The van der Waals surface area contributed by atoms with Crippen LogP contribution in [0, 0.1) is 13.8 Å². The monoisotopic (exact) mass is 552 g/mol. The Bertz CT molecular complexity index is 1690. The van der Waals surface area contributed by atoms with Crippen LogP contribution in [0.1, 0.15) is 56.9 Å². The Morgan fingerprint density at radius 3 is 1.36 bits per heavy atom. The molecule has 1 aliphatic rings. The number of benzene rings is 5. The van der Waals surface area contributed by atoms with Gasteiger partial charge in [0, 0.05) is 39.4 Å². The third-order valence-electron chi connectivity index (χ3n) is 8.23. The highest BCUT2D eigenvalue weighted by molar-refractivity contribution is 5.79. The number of fused-ring (bicyclic) bond motifs is 1. The summed E-state index contributed by atoms with van der Waals surface area (Å²) in [6.45, 7) is 15.5. The minimum Gasteiger partial charge on any atom is -0.457 e. The van der Waals surface area contributed by atoms with Crippen LogP contribution in [0.4, 0.5) is 28.4 Å². The predicted molar refractivity (Wildman–Crippen MR) is 178 cm³/mol. The van der Waals surface area contributed by atoms with Gasteiger partial charge < -0.3 is 14.5 Å². The van der Waals surface area contributed by atoms with Gasteiger partial charge in [0.15, 0.2) is 0 Å². The van der Waals surface area contributed by atoms with E-state index in [2.05, 4.69) is 174 Å². The Hall–Kier alpha value is -4.50. The first kappa shape index (κ1) is 27.7. The average Bonchev–Trinajstić information content (AvgIpc) is 3.51. The lowest BCUT2D eigenvalue weighted by molar-refractivity contribution is 0.482. The van der Waals surface area contributed by atoms with E-state index in [0.717, 1.165) is 28.6 Å². The molecule has 0 atom stereocenters. The highest BCUT2D eigenvalue weighted by Crippen LogP contribution is 2.51. The molecule has 1 aliphatic carbocycles. The molecule has 0 radical (unpaired) electrons. The number of hydrogen-bond donors (Lipinski definition) is 0. The number of hydrogen-bond acceptors (Lipinski definition) is 3. The summed E-state index contributed by atoms with van der Waals surface area (Å²) < 4.78 is 6.30. The summed E-state index contributed by atoms with van der Waals surface area (Å²) in [6.07, 6.45) is 0. The lowest BCUT2D eigenvalue weighted by Crippen LogP contribution is -2.37. The molecule has 0 fully saturated rings. The predicted octanol–water partition coefficient (Wildman–Crippen LogP) is 11.1. The lowest BCUT2D eigenvalue weighted by atomic mass is 10.0. The molecule has 0 unspecified atom stereocenters. The molecule has 3 nitrogen and oxygen atoms in total. The Morgan fingerprint density at radius 2 is 0.905 bits per heavy atom. The molecule has 0 aromatic heterocycles. The second-order valence-corrected chi connectivity index (χ2v) is 13.0. The van der Waals surface area contributed by atoms with Gasteiger partial charge in [-0.3, -0.25) is 0 Å². The van der Waals surface area contributed by atoms with E-state index in [1.54, 1.807) is 0 Å². The summed E-state index contributed by atoms with van der Waals surface area (Å²) in [6, 6.07) is 41.0. The van der Waals surface area contributed by atoms with Gasteiger partial charge in [-0.25, -0.2) is 0 Å². The molecule has 0 aliphatic heterocycles. The molecule has 5 aromatic rings. The topological polar surface area (TPSA) is 15.7 Å². The van der Waals surface area contributed by atoms with Gasteiger partial charge in [-0.2, -0.15) is 0 Å². The van der Waals surface area contributed by atoms with Crippen LogP contribution in [-0.2, 0) is 5.41 Å². The second kappa shape index (κ2) is 10.4. The Kier molecular flexibility index (Phi) is 6.85. The van der Waals surface area contributed by atoms with Gasteiger partial charge >= 0.3 is 0 Å². The molecule has 0 amide bonds. The fraction of sp³-hybridized carbons (Fsp3) is 0.231. The van der Waals surface area contributed by atoms with Crippen molar-refractivity contribution in [2.75, 3.05) is 9.80 Å². The van der Waals surface area contributed by atoms with Gasteiger partial charge in [-0.05, 0) is 131 Å². The Balaban J connectivity index is 1.24. The van der Waals surface area contributed by atoms with Crippen LogP contribution in [0.25, 0.3) is 0 Å². The van der Waals surface area contributed by atoms with Gasteiger partial charge in [0.2, 0.25) is 0 Å². The summed E-state index contributed by atoms with van der Waals surface area (Å²) in [7, 11) is 0. The van der Waals surface area contributed by atoms with E-state index in [-0.39, 0.29) is 11.0 Å². The van der Waals surface area contributed by atoms with Crippen LogP contribution in [0.3, 0.4) is 0 Å². The van der Waals surface area contributed by atoms with E-state index in [1.165, 1.54) is 33.6 Å². The van der Waals surface area contributed by atoms with Crippen LogP contribution in [0.15, 0.2) is 115 Å². The van der Waals surface area contributed by atoms with E-state index in [4.69, 9.17) is 4.74 Å². The van der Waals surface area contributed by atoms with E-state index in [0.29, 0.717) is 0 Å². The SMILES string of the molecule is Cc1ccc(N(c2ccc(Oc3ccc(N(c4ccc(C)cc4)C(C)(C)C)cc3)cc2)c2ccc3c(c2)C3(C)C)cc1. The number of anilines is 5. The van der Waals surface area contributed by atoms with E-state index >= 15 is 0 Å². The van der Waals surface area contributed by atoms with Crippen LogP contribution >= 0.6 is 0 Å². The lowest BCUT2D eigenvalue weighted by Gasteiger charge is -2.38. The third kappa shape index (κ3) is 5.39. The number of rotatable bonds is 7. The van der Waals surface area contributed by atoms with Crippen molar-refractivity contribution in [3.63, 3.8) is 0 Å². The molecule has 6 rings (SSSR count). The highest BCUT2D eigenvalue weighted by Gasteiger charge is 2.41. The van der Waals surface area contributed by atoms with Gasteiger partial charge in [0.1, 0.15) is 11.5 Å². The summed E-state index contributed by atoms with van der Waals surface area (Å²) in [5, 5.41) is 0. The molecular formula is C39H40N2O. The van der Waals surface area contributed by atoms with Crippen LogP contribution in [0.5, 0.6) is 11.5 Å². The standard InChI is InChI=1S/C39H40N2O/c1-27-8-12-29(13-9-27)40(33-20-25-36-37(26-33)39(36,6)7)30-16-21-34(22-17-30)42-35-23-18-32(19-24-35)41(38(3,4)5)31-14-10-28(2)11-15-31/h8-26H,1-7H3. The van der Waals surface area contributed by atoms with Crippen molar-refractivity contribution in [3.05, 3.63) is 138 Å². The molecule has 0 heterocycles. The number of ether oxygens (including phenoxy) is 1. The maximum absolute atomic E-state index is 6.30. The molecule has 0 saturated carbocycles. The molecule has 3 heteroatoms. The zero-order valence-electron chi connectivity index (χ0n) is 25.8. The molecule has 42 heavy (non-hydrogen) atoms. The highest BCUT2D eigenvalue weighted by atomic mass is 16.5. The fourth-order valence-corrected chi connectivity index (χ4v) is 5.81. The minimum atomic E-state index is -0.0763. The summed E-state index contributed by atoms with van der Waals surface area (Å²) in [5.74, 6) is 1.62. The van der Waals surface area contributed by atoms with Crippen molar-refractivity contribution in [3.8, 4) is 11.5 Å². The number of aryl methyl sites for hydroxylation is 2. The summed E-state index contributed by atoms with van der Waals surface area (Å²) in [5.41, 5.74) is 11.2. The molecule has 5 aromatic carbocycles. The van der Waals surface area contributed by atoms with Crippen molar-refractivity contribution in [1.82, 2.24) is 0 Å². The molecule has 0 N–H and O–H groups in total. The van der Waals surface area contributed by atoms with Crippen molar-refractivity contribution in [1.29, 1.82) is 0 Å². The van der Waals surface area contributed by atoms with E-state index < -0.39 is 0 Å². The van der Waals surface area contributed by atoms with Crippen molar-refractivity contribution >= 4 is 28.4 Å². The summed E-state index contributed by atoms with van der Waals surface area (Å²) in [4.78, 5) is 4.68. The van der Waals surface area contributed by atoms with Gasteiger partial charge in [-0.15, -0.1) is 0 Å². The average molecular weight is 553 g/mol. The maximum Gasteiger partial charge on any atom is 0.127 e.